The van der Waals surface area contributed by atoms with Gasteiger partial charge in [-0.15, -0.1) is 0 Å². The van der Waals surface area contributed by atoms with Crippen LogP contribution in [0.2, 0.25) is 0 Å². The van der Waals surface area contributed by atoms with Crippen LogP contribution in [-0.2, 0) is 4.79 Å². The summed E-state index contributed by atoms with van der Waals surface area (Å²) >= 11 is 4.05. The fraction of sp³-hybridized carbons (Fsp3) is 0.875. The molecule has 0 aromatic carbocycles. The molecule has 0 bridgehead atoms. The summed E-state index contributed by atoms with van der Waals surface area (Å²) in [6.07, 6.45) is 0.639. The molecular weight excluding hydrogens is 174 g/mol. The maximum absolute atomic E-state index is 11.3. The zero-order valence-electron chi connectivity index (χ0n) is 7.66. The molecule has 0 rings (SSSR count). The van der Waals surface area contributed by atoms with E-state index in [9.17, 15) is 4.79 Å². The van der Waals surface area contributed by atoms with Crippen LogP contribution in [0.15, 0.2) is 0 Å². The molecule has 0 heterocycles. The van der Waals surface area contributed by atoms with Gasteiger partial charge in [-0.2, -0.15) is 12.6 Å². The topological polar surface area (TPSA) is 40.5 Å². The molecule has 0 saturated heterocycles. The highest BCUT2D eigenvalue weighted by Gasteiger charge is 2.14. The maximum atomic E-state index is 11.3. The molecule has 1 amide bonds. The molecule has 1 unspecified atom stereocenters. The highest BCUT2D eigenvalue weighted by molar-refractivity contribution is 7.81. The SMILES string of the molecule is CCN(CCCO)C(=O)C(C)S. The third-order valence-corrected chi connectivity index (χ3v) is 1.86. The number of amides is 1. The Labute approximate surface area is 79.2 Å². The second kappa shape index (κ2) is 6.31. The normalized spacial score (nSPS) is 12.7. The van der Waals surface area contributed by atoms with E-state index >= 15 is 0 Å². The quantitative estimate of drug-likeness (QED) is 0.623. The van der Waals surface area contributed by atoms with Gasteiger partial charge in [0.1, 0.15) is 0 Å². The molecule has 0 radical (unpaired) electrons. The van der Waals surface area contributed by atoms with Crippen LogP contribution in [0.1, 0.15) is 20.3 Å². The molecule has 3 nitrogen and oxygen atoms in total. The number of nitrogens with zero attached hydrogens (tertiary/aromatic N) is 1. The standard InChI is InChI=1S/C8H17NO2S/c1-3-9(5-4-6-10)8(11)7(2)12/h7,10,12H,3-6H2,1-2H3. The molecule has 4 heteroatoms. The Bertz CT molecular complexity index is 139. The largest absolute Gasteiger partial charge is 0.396 e. The molecule has 0 aliphatic rings. The number of hydrogen-bond acceptors (Lipinski definition) is 3. The summed E-state index contributed by atoms with van der Waals surface area (Å²) in [5.41, 5.74) is 0. The summed E-state index contributed by atoms with van der Waals surface area (Å²) in [7, 11) is 0. The van der Waals surface area contributed by atoms with Gasteiger partial charge in [0, 0.05) is 19.7 Å². The van der Waals surface area contributed by atoms with Gasteiger partial charge in [0.2, 0.25) is 5.91 Å². The second-order valence-corrected chi connectivity index (χ2v) is 3.45. The average Bonchev–Trinajstić information content (AvgIpc) is 2.05. The van der Waals surface area contributed by atoms with Gasteiger partial charge in [0.25, 0.3) is 0 Å². The van der Waals surface area contributed by atoms with Crippen molar-refractivity contribution in [2.45, 2.75) is 25.5 Å². The Balaban J connectivity index is 3.88. The maximum Gasteiger partial charge on any atom is 0.235 e. The molecule has 0 spiro atoms. The van der Waals surface area contributed by atoms with Crippen LogP contribution >= 0.6 is 12.6 Å². The monoisotopic (exact) mass is 191 g/mol. The van der Waals surface area contributed by atoms with Crippen molar-refractivity contribution >= 4 is 18.5 Å². The van der Waals surface area contributed by atoms with E-state index in [0.717, 1.165) is 0 Å². The van der Waals surface area contributed by atoms with Crippen molar-refractivity contribution < 1.29 is 9.90 Å². The molecule has 1 atom stereocenters. The van der Waals surface area contributed by atoms with Crippen molar-refractivity contribution in [2.75, 3.05) is 19.7 Å². The minimum Gasteiger partial charge on any atom is -0.396 e. The summed E-state index contributed by atoms with van der Waals surface area (Å²) in [5.74, 6) is 0.0364. The lowest BCUT2D eigenvalue weighted by atomic mass is 10.3. The molecule has 0 aromatic rings. The Morgan fingerprint density at radius 3 is 2.58 bits per heavy atom. The van der Waals surface area contributed by atoms with Gasteiger partial charge < -0.3 is 10.0 Å². The lowest BCUT2D eigenvalue weighted by Gasteiger charge is -2.21. The number of aliphatic hydroxyl groups excluding tert-OH is 1. The molecule has 12 heavy (non-hydrogen) atoms. The number of rotatable bonds is 5. The molecule has 0 aliphatic heterocycles. The van der Waals surface area contributed by atoms with E-state index in [1.807, 2.05) is 6.92 Å². The van der Waals surface area contributed by atoms with Gasteiger partial charge in [-0.1, -0.05) is 0 Å². The fourth-order valence-corrected chi connectivity index (χ4v) is 1.11. The molecular formula is C8H17NO2S. The lowest BCUT2D eigenvalue weighted by molar-refractivity contribution is -0.130. The highest BCUT2D eigenvalue weighted by atomic mass is 32.1. The summed E-state index contributed by atoms with van der Waals surface area (Å²) < 4.78 is 0. The molecule has 0 saturated carbocycles. The van der Waals surface area contributed by atoms with E-state index in [1.54, 1.807) is 11.8 Å². The van der Waals surface area contributed by atoms with Crippen molar-refractivity contribution in [1.29, 1.82) is 0 Å². The van der Waals surface area contributed by atoms with Crippen molar-refractivity contribution in [3.8, 4) is 0 Å². The van der Waals surface area contributed by atoms with E-state index in [0.29, 0.717) is 19.5 Å². The van der Waals surface area contributed by atoms with E-state index in [1.165, 1.54) is 0 Å². The summed E-state index contributed by atoms with van der Waals surface area (Å²) in [5, 5.41) is 8.33. The third kappa shape index (κ3) is 3.97. The fourth-order valence-electron chi connectivity index (χ4n) is 0.950. The summed E-state index contributed by atoms with van der Waals surface area (Å²) in [6.45, 7) is 5.11. The van der Waals surface area contributed by atoms with Gasteiger partial charge in [0.15, 0.2) is 0 Å². The minimum absolute atomic E-state index is 0.0364. The van der Waals surface area contributed by atoms with Crippen LogP contribution in [0.5, 0.6) is 0 Å². The summed E-state index contributed by atoms with van der Waals surface area (Å²) in [6, 6.07) is 0. The van der Waals surface area contributed by atoms with Crippen molar-refractivity contribution in [2.24, 2.45) is 0 Å². The van der Waals surface area contributed by atoms with Crippen LogP contribution in [0.25, 0.3) is 0 Å². The van der Waals surface area contributed by atoms with Crippen molar-refractivity contribution in [1.82, 2.24) is 4.90 Å². The van der Waals surface area contributed by atoms with E-state index < -0.39 is 0 Å². The number of thiol groups is 1. The zero-order valence-corrected chi connectivity index (χ0v) is 8.55. The van der Waals surface area contributed by atoms with Crippen LogP contribution in [-0.4, -0.2) is 40.9 Å². The van der Waals surface area contributed by atoms with Gasteiger partial charge in [0.05, 0.1) is 5.25 Å². The predicted molar refractivity (Wildman–Crippen MR) is 52.4 cm³/mol. The number of hydrogen-bond donors (Lipinski definition) is 2. The Hall–Kier alpha value is -0.220. The van der Waals surface area contributed by atoms with Gasteiger partial charge in [-0.3, -0.25) is 4.79 Å². The minimum atomic E-state index is -0.247. The Kier molecular flexibility index (Phi) is 6.20. The average molecular weight is 191 g/mol. The van der Waals surface area contributed by atoms with Crippen LogP contribution in [0, 0.1) is 0 Å². The highest BCUT2D eigenvalue weighted by Crippen LogP contribution is 2.01. The number of carbonyl (C=O) groups is 1. The second-order valence-electron chi connectivity index (χ2n) is 2.67. The van der Waals surface area contributed by atoms with E-state index in [4.69, 9.17) is 5.11 Å². The van der Waals surface area contributed by atoms with Crippen LogP contribution in [0.3, 0.4) is 0 Å². The van der Waals surface area contributed by atoms with Gasteiger partial charge in [-0.05, 0) is 20.3 Å². The van der Waals surface area contributed by atoms with E-state index in [-0.39, 0.29) is 17.8 Å². The number of aliphatic hydroxyl groups is 1. The Morgan fingerprint density at radius 1 is 1.67 bits per heavy atom. The van der Waals surface area contributed by atoms with Crippen LogP contribution < -0.4 is 0 Å². The molecule has 72 valence electrons. The summed E-state index contributed by atoms with van der Waals surface area (Å²) in [4.78, 5) is 13.1. The lowest BCUT2D eigenvalue weighted by Crippen LogP contribution is -2.36. The first-order valence-electron chi connectivity index (χ1n) is 4.21. The first-order chi connectivity index (χ1) is 5.63. The molecule has 0 fully saturated rings. The molecule has 0 aromatic heterocycles. The van der Waals surface area contributed by atoms with Gasteiger partial charge >= 0.3 is 0 Å². The predicted octanol–water partition coefficient (Wildman–Crippen LogP) is 0.536. The zero-order chi connectivity index (χ0) is 9.56. The number of carbonyl (C=O) groups excluding carboxylic acids is 1. The van der Waals surface area contributed by atoms with Crippen molar-refractivity contribution in [3.05, 3.63) is 0 Å². The first-order valence-corrected chi connectivity index (χ1v) is 4.72. The van der Waals surface area contributed by atoms with Gasteiger partial charge in [-0.25, -0.2) is 0 Å². The first kappa shape index (κ1) is 11.8. The molecule has 0 aliphatic carbocycles. The van der Waals surface area contributed by atoms with Crippen molar-refractivity contribution in [3.63, 3.8) is 0 Å². The van der Waals surface area contributed by atoms with Crippen LogP contribution in [0.4, 0.5) is 0 Å². The smallest absolute Gasteiger partial charge is 0.235 e. The third-order valence-electron chi connectivity index (χ3n) is 1.64. The Morgan fingerprint density at radius 2 is 2.25 bits per heavy atom. The molecule has 1 N–H and O–H groups in total. The van der Waals surface area contributed by atoms with E-state index in [2.05, 4.69) is 12.6 Å².